The topological polar surface area (TPSA) is 29.3 Å². The third-order valence-corrected chi connectivity index (χ3v) is 3.81. The van der Waals surface area contributed by atoms with Crippen LogP contribution in [0.15, 0.2) is 24.5 Å². The largest absolute Gasteiger partial charge is 0.306 e. The SMILES string of the molecule is Fc1ccc2cnc(C3CSCCN3)n2c1. The van der Waals surface area contributed by atoms with E-state index in [0.717, 1.165) is 29.4 Å². The van der Waals surface area contributed by atoms with Gasteiger partial charge < -0.3 is 5.32 Å². The number of nitrogens with one attached hydrogen (secondary N) is 1. The maximum absolute atomic E-state index is 13.2. The summed E-state index contributed by atoms with van der Waals surface area (Å²) in [6.07, 6.45) is 3.29. The van der Waals surface area contributed by atoms with Gasteiger partial charge in [-0.25, -0.2) is 9.37 Å². The van der Waals surface area contributed by atoms with Crippen molar-refractivity contribution in [1.29, 1.82) is 0 Å². The van der Waals surface area contributed by atoms with E-state index in [1.54, 1.807) is 12.3 Å². The third-order valence-electron chi connectivity index (χ3n) is 2.75. The average molecular weight is 237 g/mol. The zero-order valence-electron chi connectivity index (χ0n) is 8.69. The highest BCUT2D eigenvalue weighted by atomic mass is 32.2. The summed E-state index contributed by atoms with van der Waals surface area (Å²) in [5, 5.41) is 3.41. The first kappa shape index (κ1) is 10.1. The molecule has 0 amide bonds. The Balaban J connectivity index is 2.05. The Morgan fingerprint density at radius 1 is 1.50 bits per heavy atom. The Labute approximate surface area is 97.1 Å². The number of imidazole rings is 1. The molecule has 3 nitrogen and oxygen atoms in total. The van der Waals surface area contributed by atoms with Crippen LogP contribution in [-0.4, -0.2) is 27.4 Å². The lowest BCUT2D eigenvalue weighted by atomic mass is 10.3. The highest BCUT2D eigenvalue weighted by Gasteiger charge is 2.19. The van der Waals surface area contributed by atoms with Crippen LogP contribution in [0.5, 0.6) is 0 Å². The lowest BCUT2D eigenvalue weighted by Crippen LogP contribution is -2.31. The van der Waals surface area contributed by atoms with Crippen molar-refractivity contribution in [2.75, 3.05) is 18.1 Å². The number of fused-ring (bicyclic) bond motifs is 1. The van der Waals surface area contributed by atoms with E-state index in [2.05, 4.69) is 10.3 Å². The smallest absolute Gasteiger partial charge is 0.139 e. The molecule has 1 saturated heterocycles. The van der Waals surface area contributed by atoms with Crippen molar-refractivity contribution >= 4 is 17.3 Å². The van der Waals surface area contributed by atoms with Crippen LogP contribution in [0.3, 0.4) is 0 Å². The fraction of sp³-hybridized carbons (Fsp3) is 0.364. The fourth-order valence-electron chi connectivity index (χ4n) is 1.97. The van der Waals surface area contributed by atoms with Gasteiger partial charge in [0.15, 0.2) is 0 Å². The minimum atomic E-state index is -0.227. The van der Waals surface area contributed by atoms with Gasteiger partial charge in [0.1, 0.15) is 11.6 Å². The van der Waals surface area contributed by atoms with E-state index in [4.69, 9.17) is 0 Å². The molecule has 0 spiro atoms. The van der Waals surface area contributed by atoms with E-state index < -0.39 is 0 Å². The van der Waals surface area contributed by atoms with Gasteiger partial charge in [-0.1, -0.05) is 0 Å². The van der Waals surface area contributed by atoms with Crippen LogP contribution in [0, 0.1) is 5.82 Å². The van der Waals surface area contributed by atoms with Crippen molar-refractivity contribution < 1.29 is 4.39 Å². The van der Waals surface area contributed by atoms with Gasteiger partial charge in [-0.2, -0.15) is 11.8 Å². The molecular weight excluding hydrogens is 225 g/mol. The molecule has 1 aliphatic rings. The lowest BCUT2D eigenvalue weighted by molar-refractivity contribution is 0.556. The number of nitrogens with zero attached hydrogens (tertiary/aromatic N) is 2. The van der Waals surface area contributed by atoms with Crippen LogP contribution in [0.25, 0.3) is 5.52 Å². The Morgan fingerprint density at radius 2 is 2.44 bits per heavy atom. The van der Waals surface area contributed by atoms with Crippen molar-refractivity contribution in [2.24, 2.45) is 0 Å². The molecule has 1 unspecified atom stereocenters. The quantitative estimate of drug-likeness (QED) is 0.820. The normalized spacial score (nSPS) is 21.4. The van der Waals surface area contributed by atoms with E-state index in [-0.39, 0.29) is 11.9 Å². The summed E-state index contributed by atoms with van der Waals surface area (Å²) in [6.45, 7) is 0.986. The van der Waals surface area contributed by atoms with Gasteiger partial charge in [0.25, 0.3) is 0 Å². The monoisotopic (exact) mass is 237 g/mol. The highest BCUT2D eigenvalue weighted by Crippen LogP contribution is 2.22. The number of rotatable bonds is 1. The first-order valence-corrected chi connectivity index (χ1v) is 6.44. The minimum Gasteiger partial charge on any atom is -0.306 e. The van der Waals surface area contributed by atoms with Crippen molar-refractivity contribution in [3.63, 3.8) is 0 Å². The number of hydrogen-bond acceptors (Lipinski definition) is 3. The van der Waals surface area contributed by atoms with Crippen LogP contribution in [-0.2, 0) is 0 Å². The van der Waals surface area contributed by atoms with Gasteiger partial charge in [-0.3, -0.25) is 4.40 Å². The molecule has 1 fully saturated rings. The summed E-state index contributed by atoms with van der Waals surface area (Å²) in [5.41, 5.74) is 0.939. The number of halogens is 1. The summed E-state index contributed by atoms with van der Waals surface area (Å²) >= 11 is 1.90. The number of aromatic nitrogens is 2. The summed E-state index contributed by atoms with van der Waals surface area (Å²) < 4.78 is 15.0. The first-order valence-electron chi connectivity index (χ1n) is 5.28. The Hall–Kier alpha value is -1.07. The van der Waals surface area contributed by atoms with Crippen LogP contribution in [0.1, 0.15) is 11.9 Å². The summed E-state index contributed by atoms with van der Waals surface area (Å²) in [7, 11) is 0. The van der Waals surface area contributed by atoms with E-state index in [9.17, 15) is 4.39 Å². The van der Waals surface area contributed by atoms with Gasteiger partial charge in [-0.15, -0.1) is 0 Å². The van der Waals surface area contributed by atoms with Crippen molar-refractivity contribution in [3.8, 4) is 0 Å². The summed E-state index contributed by atoms with van der Waals surface area (Å²) in [5.74, 6) is 2.81. The zero-order valence-corrected chi connectivity index (χ0v) is 9.51. The van der Waals surface area contributed by atoms with Gasteiger partial charge in [-0.05, 0) is 12.1 Å². The molecule has 1 atom stereocenters. The average Bonchev–Trinajstić information content (AvgIpc) is 2.73. The summed E-state index contributed by atoms with van der Waals surface area (Å²) in [6, 6.07) is 3.44. The molecular formula is C11H12FN3S. The minimum absolute atomic E-state index is 0.225. The first-order chi connectivity index (χ1) is 7.84. The molecule has 0 bridgehead atoms. The molecule has 3 rings (SSSR count). The maximum Gasteiger partial charge on any atom is 0.139 e. The predicted molar refractivity (Wildman–Crippen MR) is 63.2 cm³/mol. The molecule has 0 aromatic carbocycles. The second-order valence-corrected chi connectivity index (χ2v) is 4.99. The molecule has 1 N–H and O–H groups in total. The lowest BCUT2D eigenvalue weighted by Gasteiger charge is -2.22. The van der Waals surface area contributed by atoms with Crippen molar-refractivity contribution in [2.45, 2.75) is 6.04 Å². The third kappa shape index (κ3) is 1.70. The Bertz CT molecular complexity index is 505. The number of pyridine rings is 1. The molecule has 2 aromatic rings. The molecule has 0 aliphatic carbocycles. The second-order valence-electron chi connectivity index (χ2n) is 3.84. The maximum atomic E-state index is 13.2. The van der Waals surface area contributed by atoms with E-state index in [0.29, 0.717) is 0 Å². The standard InChI is InChI=1S/C11H12FN3S/c12-8-1-2-9-5-14-11(15(9)6-8)10-7-16-4-3-13-10/h1-2,5-6,10,13H,3-4,7H2. The molecule has 0 saturated carbocycles. The fourth-order valence-corrected chi connectivity index (χ4v) is 2.90. The van der Waals surface area contributed by atoms with Crippen LogP contribution in [0.2, 0.25) is 0 Å². The van der Waals surface area contributed by atoms with E-state index in [1.165, 1.54) is 12.3 Å². The highest BCUT2D eigenvalue weighted by molar-refractivity contribution is 7.99. The van der Waals surface area contributed by atoms with Crippen LogP contribution < -0.4 is 5.32 Å². The molecule has 1 aliphatic heterocycles. The predicted octanol–water partition coefficient (Wildman–Crippen LogP) is 1.85. The van der Waals surface area contributed by atoms with E-state index >= 15 is 0 Å². The van der Waals surface area contributed by atoms with Gasteiger partial charge in [0, 0.05) is 24.2 Å². The molecule has 0 radical (unpaired) electrons. The summed E-state index contributed by atoms with van der Waals surface area (Å²) in [4.78, 5) is 4.38. The molecule has 16 heavy (non-hydrogen) atoms. The van der Waals surface area contributed by atoms with E-state index in [1.807, 2.05) is 16.2 Å². The van der Waals surface area contributed by atoms with Gasteiger partial charge >= 0.3 is 0 Å². The molecule has 84 valence electrons. The molecule has 2 aromatic heterocycles. The molecule has 3 heterocycles. The van der Waals surface area contributed by atoms with Gasteiger partial charge in [0.2, 0.25) is 0 Å². The molecule has 5 heteroatoms. The van der Waals surface area contributed by atoms with Gasteiger partial charge in [0.05, 0.1) is 17.8 Å². The zero-order chi connectivity index (χ0) is 11.0. The Kier molecular flexibility index (Phi) is 2.57. The van der Waals surface area contributed by atoms with Crippen LogP contribution >= 0.6 is 11.8 Å². The number of hydrogen-bond donors (Lipinski definition) is 1. The second kappa shape index (κ2) is 4.07. The Morgan fingerprint density at radius 3 is 3.25 bits per heavy atom. The van der Waals surface area contributed by atoms with Crippen molar-refractivity contribution in [3.05, 3.63) is 36.2 Å². The van der Waals surface area contributed by atoms with Crippen molar-refractivity contribution in [1.82, 2.24) is 14.7 Å². The number of thioether (sulfide) groups is 1. The van der Waals surface area contributed by atoms with Crippen LogP contribution in [0.4, 0.5) is 4.39 Å².